The number of benzene rings is 1. The second-order valence-electron chi connectivity index (χ2n) is 6.89. The number of rotatable bonds is 5. The zero-order chi connectivity index (χ0) is 17.8. The van der Waals surface area contributed by atoms with Crippen LogP contribution in [0.4, 0.5) is 5.95 Å². The minimum Gasteiger partial charge on any atom is -0.457 e. The van der Waals surface area contributed by atoms with Crippen molar-refractivity contribution in [2.75, 3.05) is 37.6 Å². The van der Waals surface area contributed by atoms with Gasteiger partial charge in [-0.1, -0.05) is 24.3 Å². The van der Waals surface area contributed by atoms with Crippen molar-refractivity contribution in [3.05, 3.63) is 53.9 Å². The molecule has 1 atom stereocenters. The Balaban J connectivity index is 1.24. The second kappa shape index (κ2) is 7.83. The highest BCUT2D eigenvalue weighted by molar-refractivity contribution is 5.71. The molecule has 2 aliphatic rings. The fourth-order valence-electron chi connectivity index (χ4n) is 3.57. The number of nitrogens with zero attached hydrogens (tertiary/aromatic N) is 4. The summed E-state index contributed by atoms with van der Waals surface area (Å²) < 4.78 is 5.33. The van der Waals surface area contributed by atoms with Crippen molar-refractivity contribution in [3.8, 4) is 0 Å². The molecular formula is C20H24N4O2. The first-order valence-electron chi connectivity index (χ1n) is 9.30. The smallest absolute Gasteiger partial charge is 0.306 e. The average molecular weight is 352 g/mol. The maximum Gasteiger partial charge on any atom is 0.306 e. The molecule has 2 saturated heterocycles. The molecule has 3 heterocycles. The number of aromatic nitrogens is 2. The number of hydrogen-bond donors (Lipinski definition) is 0. The van der Waals surface area contributed by atoms with Crippen LogP contribution in [0.1, 0.15) is 30.1 Å². The van der Waals surface area contributed by atoms with E-state index in [4.69, 9.17) is 4.74 Å². The van der Waals surface area contributed by atoms with Gasteiger partial charge >= 0.3 is 5.97 Å². The average Bonchev–Trinajstić information content (AvgIpc) is 3.14. The Morgan fingerprint density at radius 2 is 1.77 bits per heavy atom. The molecule has 0 amide bonds. The number of cyclic esters (lactones) is 1. The monoisotopic (exact) mass is 352 g/mol. The van der Waals surface area contributed by atoms with Crippen LogP contribution >= 0.6 is 0 Å². The molecule has 1 aromatic carbocycles. The van der Waals surface area contributed by atoms with Crippen molar-refractivity contribution < 1.29 is 9.53 Å². The fourth-order valence-corrected chi connectivity index (χ4v) is 3.57. The van der Waals surface area contributed by atoms with Crippen LogP contribution in [0.5, 0.6) is 0 Å². The molecule has 0 aliphatic carbocycles. The fraction of sp³-hybridized carbons (Fsp3) is 0.450. The lowest BCUT2D eigenvalue weighted by atomic mass is 10.0. The van der Waals surface area contributed by atoms with E-state index in [1.54, 1.807) is 12.4 Å². The van der Waals surface area contributed by atoms with E-state index in [0.717, 1.165) is 57.1 Å². The normalized spacial score (nSPS) is 21.0. The van der Waals surface area contributed by atoms with Gasteiger partial charge in [-0.05, 0) is 30.0 Å². The molecule has 4 rings (SSSR count). The Morgan fingerprint density at radius 3 is 2.42 bits per heavy atom. The summed E-state index contributed by atoms with van der Waals surface area (Å²) in [6.45, 7) is 5.07. The molecule has 0 bridgehead atoms. The zero-order valence-corrected chi connectivity index (χ0v) is 14.9. The van der Waals surface area contributed by atoms with E-state index in [1.165, 1.54) is 5.56 Å². The molecule has 0 spiro atoms. The van der Waals surface area contributed by atoms with Gasteiger partial charge in [0, 0.05) is 51.5 Å². The highest BCUT2D eigenvalue weighted by Gasteiger charge is 2.24. The minimum absolute atomic E-state index is 0.0511. The lowest BCUT2D eigenvalue weighted by molar-refractivity contribution is -0.141. The van der Waals surface area contributed by atoms with Crippen LogP contribution in [0, 0.1) is 0 Å². The number of carbonyl (C=O) groups excluding carboxylic acids is 1. The summed E-state index contributed by atoms with van der Waals surface area (Å²) in [7, 11) is 0. The Kier molecular flexibility index (Phi) is 5.11. The molecule has 2 fully saturated rings. The maximum atomic E-state index is 11.2. The quantitative estimate of drug-likeness (QED) is 0.769. The summed E-state index contributed by atoms with van der Waals surface area (Å²) >= 11 is 0. The van der Waals surface area contributed by atoms with E-state index in [-0.39, 0.29) is 12.1 Å². The van der Waals surface area contributed by atoms with Gasteiger partial charge in [-0.25, -0.2) is 9.97 Å². The largest absolute Gasteiger partial charge is 0.457 e. The number of ether oxygens (including phenoxy) is 1. The molecule has 6 heteroatoms. The highest BCUT2D eigenvalue weighted by Crippen LogP contribution is 2.29. The Bertz CT molecular complexity index is 727. The molecule has 0 saturated carbocycles. The number of anilines is 1. The van der Waals surface area contributed by atoms with Crippen LogP contribution in [0.2, 0.25) is 0 Å². The van der Waals surface area contributed by atoms with Crippen LogP contribution in [0.3, 0.4) is 0 Å². The van der Waals surface area contributed by atoms with E-state index < -0.39 is 0 Å². The van der Waals surface area contributed by atoms with Crippen molar-refractivity contribution >= 4 is 11.9 Å². The van der Waals surface area contributed by atoms with Crippen LogP contribution in [0.25, 0.3) is 0 Å². The summed E-state index contributed by atoms with van der Waals surface area (Å²) in [5, 5.41) is 0. The van der Waals surface area contributed by atoms with E-state index in [0.29, 0.717) is 6.42 Å². The molecule has 0 radical (unpaired) electrons. The van der Waals surface area contributed by atoms with Gasteiger partial charge in [0.15, 0.2) is 0 Å². The summed E-state index contributed by atoms with van der Waals surface area (Å²) in [6.07, 6.45) is 5.91. The summed E-state index contributed by atoms with van der Waals surface area (Å²) in [4.78, 5) is 24.6. The SMILES string of the molecule is O=C1CCC(c2ccc(CCN3CCN(c4ncccn4)CC3)cc2)O1. The predicted octanol–water partition coefficient (Wildman–Crippen LogP) is 2.22. The second-order valence-corrected chi connectivity index (χ2v) is 6.89. The molecule has 1 unspecified atom stereocenters. The van der Waals surface area contributed by atoms with Gasteiger partial charge < -0.3 is 9.64 Å². The first-order valence-corrected chi connectivity index (χ1v) is 9.30. The van der Waals surface area contributed by atoms with Crippen molar-refractivity contribution in [1.82, 2.24) is 14.9 Å². The Morgan fingerprint density at radius 1 is 1.04 bits per heavy atom. The van der Waals surface area contributed by atoms with E-state index in [1.807, 2.05) is 6.07 Å². The third-order valence-corrected chi connectivity index (χ3v) is 5.16. The number of hydrogen-bond acceptors (Lipinski definition) is 6. The van der Waals surface area contributed by atoms with Gasteiger partial charge in [-0.15, -0.1) is 0 Å². The first kappa shape index (κ1) is 17.0. The van der Waals surface area contributed by atoms with Crippen molar-refractivity contribution in [3.63, 3.8) is 0 Å². The standard InChI is InChI=1S/C20H24N4O2/c25-19-7-6-18(26-19)17-4-2-16(3-5-17)8-11-23-12-14-24(15-13-23)20-21-9-1-10-22-20/h1-5,9-10,18H,6-8,11-15H2. The van der Waals surface area contributed by atoms with E-state index in [2.05, 4.69) is 44.0 Å². The number of esters is 1. The van der Waals surface area contributed by atoms with Gasteiger partial charge in [0.05, 0.1) is 0 Å². The third-order valence-electron chi connectivity index (χ3n) is 5.16. The summed E-state index contributed by atoms with van der Waals surface area (Å²) in [6, 6.07) is 10.4. The van der Waals surface area contributed by atoms with Gasteiger partial charge in [0.2, 0.25) is 5.95 Å². The highest BCUT2D eigenvalue weighted by atomic mass is 16.5. The van der Waals surface area contributed by atoms with Gasteiger partial charge in [0.1, 0.15) is 6.10 Å². The molecule has 0 N–H and O–H groups in total. The van der Waals surface area contributed by atoms with Crippen molar-refractivity contribution in [1.29, 1.82) is 0 Å². The molecule has 26 heavy (non-hydrogen) atoms. The minimum atomic E-state index is -0.0841. The molecule has 2 aliphatic heterocycles. The molecular weight excluding hydrogens is 328 g/mol. The van der Waals surface area contributed by atoms with Crippen LogP contribution in [-0.4, -0.2) is 53.6 Å². The van der Waals surface area contributed by atoms with Gasteiger partial charge in [-0.3, -0.25) is 9.69 Å². The number of carbonyl (C=O) groups is 1. The molecule has 136 valence electrons. The predicted molar refractivity (Wildman–Crippen MR) is 98.9 cm³/mol. The summed E-state index contributed by atoms with van der Waals surface area (Å²) in [5.41, 5.74) is 2.43. The van der Waals surface area contributed by atoms with E-state index in [9.17, 15) is 4.79 Å². The summed E-state index contributed by atoms with van der Waals surface area (Å²) in [5.74, 6) is 0.745. The van der Waals surface area contributed by atoms with Crippen LogP contribution in [0.15, 0.2) is 42.7 Å². The third kappa shape index (κ3) is 4.02. The van der Waals surface area contributed by atoms with Crippen LogP contribution in [-0.2, 0) is 16.0 Å². The lowest BCUT2D eigenvalue weighted by Gasteiger charge is -2.34. The molecule has 6 nitrogen and oxygen atoms in total. The van der Waals surface area contributed by atoms with Crippen molar-refractivity contribution in [2.24, 2.45) is 0 Å². The van der Waals surface area contributed by atoms with Gasteiger partial charge in [-0.2, -0.15) is 0 Å². The van der Waals surface area contributed by atoms with Crippen molar-refractivity contribution in [2.45, 2.75) is 25.4 Å². The van der Waals surface area contributed by atoms with E-state index >= 15 is 0 Å². The maximum absolute atomic E-state index is 11.2. The van der Waals surface area contributed by atoms with Gasteiger partial charge in [0.25, 0.3) is 0 Å². The molecule has 1 aromatic heterocycles. The Labute approximate surface area is 153 Å². The Hall–Kier alpha value is -2.47. The molecule has 2 aromatic rings. The van der Waals surface area contributed by atoms with Crippen LogP contribution < -0.4 is 4.90 Å². The zero-order valence-electron chi connectivity index (χ0n) is 14.9. The topological polar surface area (TPSA) is 58.6 Å². The number of piperazine rings is 1. The first-order chi connectivity index (χ1) is 12.8. The lowest BCUT2D eigenvalue weighted by Crippen LogP contribution is -2.47.